The van der Waals surface area contributed by atoms with Crippen LogP contribution >= 0.6 is 0 Å². The minimum absolute atomic E-state index is 0.493. The number of aliphatic imine (C=N–C) groups is 1. The van der Waals surface area contributed by atoms with Crippen LogP contribution in [-0.4, -0.2) is 17.5 Å². The lowest BCUT2D eigenvalue weighted by molar-refractivity contribution is 0.622. The van der Waals surface area contributed by atoms with Gasteiger partial charge in [0.2, 0.25) is 0 Å². The van der Waals surface area contributed by atoms with Crippen molar-refractivity contribution in [2.24, 2.45) is 16.6 Å². The third kappa shape index (κ3) is 5.00. The molecule has 0 atom stereocenters. The molecule has 3 N–H and O–H groups in total. The van der Waals surface area contributed by atoms with E-state index in [2.05, 4.69) is 29.1 Å². The molecule has 1 heterocycles. The first-order valence-corrected chi connectivity index (χ1v) is 5.11. The highest BCUT2D eigenvalue weighted by atomic mass is 15.1. The highest BCUT2D eigenvalue weighted by Gasteiger charge is 1.95. The van der Waals surface area contributed by atoms with E-state index in [9.17, 15) is 0 Å². The van der Waals surface area contributed by atoms with Crippen LogP contribution in [0.3, 0.4) is 0 Å². The van der Waals surface area contributed by atoms with Gasteiger partial charge in [-0.25, -0.2) is 4.99 Å². The number of nitrogens with one attached hydrogen (secondary N) is 1. The summed E-state index contributed by atoms with van der Waals surface area (Å²) < 4.78 is 0. The summed E-state index contributed by atoms with van der Waals surface area (Å²) in [6, 6.07) is 3.87. The van der Waals surface area contributed by atoms with Crippen LogP contribution in [0, 0.1) is 5.92 Å². The van der Waals surface area contributed by atoms with E-state index in [-0.39, 0.29) is 0 Å². The third-order valence-electron chi connectivity index (χ3n) is 1.85. The van der Waals surface area contributed by atoms with Crippen LogP contribution in [-0.2, 0) is 6.54 Å². The Morgan fingerprint density at radius 2 is 2.40 bits per heavy atom. The number of hydrogen-bond acceptors (Lipinski definition) is 2. The van der Waals surface area contributed by atoms with E-state index >= 15 is 0 Å². The lowest BCUT2D eigenvalue weighted by Gasteiger charge is -2.07. The predicted molar refractivity (Wildman–Crippen MR) is 62.4 cm³/mol. The van der Waals surface area contributed by atoms with Gasteiger partial charge in [-0.15, -0.1) is 0 Å². The standard InChI is InChI=1S/C11H18N4/c1-9(2)6-14-11(12)15-8-10-4-3-5-13-7-10/h3-5,7,9H,6,8H2,1-2H3,(H3,12,14,15). The molecule has 0 aliphatic heterocycles. The summed E-state index contributed by atoms with van der Waals surface area (Å²) >= 11 is 0. The molecular weight excluding hydrogens is 188 g/mol. The smallest absolute Gasteiger partial charge is 0.188 e. The third-order valence-corrected chi connectivity index (χ3v) is 1.85. The Kier molecular flexibility index (Phi) is 4.60. The molecule has 0 radical (unpaired) electrons. The zero-order valence-electron chi connectivity index (χ0n) is 9.27. The number of rotatable bonds is 4. The number of guanidine groups is 1. The van der Waals surface area contributed by atoms with E-state index in [0.29, 0.717) is 18.4 Å². The number of aromatic nitrogens is 1. The molecular formula is C11H18N4. The number of nitrogens with two attached hydrogens (primary N) is 1. The van der Waals surface area contributed by atoms with Crippen molar-refractivity contribution in [2.45, 2.75) is 20.4 Å². The van der Waals surface area contributed by atoms with Gasteiger partial charge in [0.1, 0.15) is 0 Å². The number of pyridine rings is 1. The van der Waals surface area contributed by atoms with Crippen LogP contribution in [0.4, 0.5) is 0 Å². The van der Waals surface area contributed by atoms with Crippen LogP contribution in [0.15, 0.2) is 29.5 Å². The summed E-state index contributed by atoms with van der Waals surface area (Å²) in [6.07, 6.45) is 3.53. The summed E-state index contributed by atoms with van der Waals surface area (Å²) in [5.74, 6) is 1.06. The van der Waals surface area contributed by atoms with Crippen molar-refractivity contribution in [2.75, 3.05) is 6.54 Å². The van der Waals surface area contributed by atoms with E-state index in [1.165, 1.54) is 0 Å². The Labute approximate surface area is 90.6 Å². The van der Waals surface area contributed by atoms with Gasteiger partial charge in [0.15, 0.2) is 5.96 Å². The van der Waals surface area contributed by atoms with Gasteiger partial charge in [-0.2, -0.15) is 0 Å². The predicted octanol–water partition coefficient (Wildman–Crippen LogP) is 1.14. The van der Waals surface area contributed by atoms with Crippen molar-refractivity contribution in [1.82, 2.24) is 10.3 Å². The average Bonchev–Trinajstić information content (AvgIpc) is 2.25. The van der Waals surface area contributed by atoms with Gasteiger partial charge >= 0.3 is 0 Å². The van der Waals surface area contributed by atoms with Crippen molar-refractivity contribution >= 4 is 5.96 Å². The van der Waals surface area contributed by atoms with Crippen LogP contribution < -0.4 is 11.1 Å². The highest BCUT2D eigenvalue weighted by Crippen LogP contribution is 1.97. The van der Waals surface area contributed by atoms with Gasteiger partial charge in [0.05, 0.1) is 6.54 Å². The lowest BCUT2D eigenvalue weighted by Crippen LogP contribution is -2.34. The Morgan fingerprint density at radius 3 is 3.00 bits per heavy atom. The summed E-state index contributed by atoms with van der Waals surface area (Å²) in [7, 11) is 0. The molecule has 0 saturated heterocycles. The Bertz CT molecular complexity index is 306. The topological polar surface area (TPSA) is 63.3 Å². The Hall–Kier alpha value is -1.58. The molecule has 0 saturated carbocycles. The fourth-order valence-corrected chi connectivity index (χ4v) is 1.03. The Morgan fingerprint density at radius 1 is 1.60 bits per heavy atom. The molecule has 0 unspecified atom stereocenters. The van der Waals surface area contributed by atoms with Gasteiger partial charge < -0.3 is 11.1 Å². The molecule has 0 amide bonds. The molecule has 0 aliphatic carbocycles. The second kappa shape index (κ2) is 6.01. The van der Waals surface area contributed by atoms with E-state index in [4.69, 9.17) is 5.73 Å². The first-order chi connectivity index (χ1) is 7.18. The van der Waals surface area contributed by atoms with Crippen LogP contribution in [0.25, 0.3) is 0 Å². The molecule has 1 rings (SSSR count). The zero-order valence-corrected chi connectivity index (χ0v) is 9.27. The largest absolute Gasteiger partial charge is 0.370 e. The van der Waals surface area contributed by atoms with Gasteiger partial charge in [-0.3, -0.25) is 4.98 Å². The summed E-state index contributed by atoms with van der Waals surface area (Å²) in [5.41, 5.74) is 6.75. The lowest BCUT2D eigenvalue weighted by atomic mass is 10.2. The minimum Gasteiger partial charge on any atom is -0.370 e. The highest BCUT2D eigenvalue weighted by molar-refractivity contribution is 5.77. The first-order valence-electron chi connectivity index (χ1n) is 5.11. The van der Waals surface area contributed by atoms with Crippen molar-refractivity contribution < 1.29 is 0 Å². The molecule has 15 heavy (non-hydrogen) atoms. The summed E-state index contributed by atoms with van der Waals surface area (Å²) in [4.78, 5) is 8.22. The second-order valence-electron chi connectivity index (χ2n) is 3.84. The van der Waals surface area contributed by atoms with Crippen LogP contribution in [0.5, 0.6) is 0 Å². The molecule has 4 heteroatoms. The van der Waals surface area contributed by atoms with Gasteiger partial charge in [-0.05, 0) is 17.5 Å². The summed E-state index contributed by atoms with van der Waals surface area (Å²) in [6.45, 7) is 5.68. The average molecular weight is 206 g/mol. The zero-order chi connectivity index (χ0) is 11.1. The van der Waals surface area contributed by atoms with Gasteiger partial charge in [0, 0.05) is 18.9 Å². The van der Waals surface area contributed by atoms with E-state index in [0.717, 1.165) is 12.1 Å². The maximum absolute atomic E-state index is 5.69. The molecule has 82 valence electrons. The molecule has 1 aromatic rings. The Balaban J connectivity index is 2.37. The molecule has 1 aromatic heterocycles. The normalized spacial score (nSPS) is 11.8. The first kappa shape index (κ1) is 11.5. The monoisotopic (exact) mass is 206 g/mol. The fraction of sp³-hybridized carbons (Fsp3) is 0.455. The molecule has 0 aliphatic rings. The van der Waals surface area contributed by atoms with Crippen molar-refractivity contribution in [1.29, 1.82) is 0 Å². The fourth-order valence-electron chi connectivity index (χ4n) is 1.03. The molecule has 0 spiro atoms. The minimum atomic E-state index is 0.493. The van der Waals surface area contributed by atoms with E-state index in [1.54, 1.807) is 12.4 Å². The maximum atomic E-state index is 5.69. The van der Waals surface area contributed by atoms with Crippen molar-refractivity contribution in [3.05, 3.63) is 30.1 Å². The van der Waals surface area contributed by atoms with Gasteiger partial charge in [-0.1, -0.05) is 19.9 Å². The van der Waals surface area contributed by atoms with Crippen LogP contribution in [0.1, 0.15) is 19.4 Å². The van der Waals surface area contributed by atoms with E-state index < -0.39 is 0 Å². The molecule has 4 nitrogen and oxygen atoms in total. The van der Waals surface area contributed by atoms with Crippen LogP contribution in [0.2, 0.25) is 0 Å². The molecule has 0 aromatic carbocycles. The van der Waals surface area contributed by atoms with Crippen molar-refractivity contribution in [3.8, 4) is 0 Å². The molecule has 0 bridgehead atoms. The second-order valence-corrected chi connectivity index (χ2v) is 3.84. The van der Waals surface area contributed by atoms with Gasteiger partial charge in [0.25, 0.3) is 0 Å². The quantitative estimate of drug-likeness (QED) is 0.573. The SMILES string of the molecule is CC(C)CNC(N)=NCc1cccnc1. The number of nitrogens with zero attached hydrogens (tertiary/aromatic N) is 2. The van der Waals surface area contributed by atoms with Crippen molar-refractivity contribution in [3.63, 3.8) is 0 Å². The summed E-state index contributed by atoms with van der Waals surface area (Å²) in [5, 5.41) is 3.06. The van der Waals surface area contributed by atoms with E-state index in [1.807, 2.05) is 12.1 Å². The molecule has 0 fully saturated rings. The number of hydrogen-bond donors (Lipinski definition) is 2. The maximum Gasteiger partial charge on any atom is 0.188 e.